The third kappa shape index (κ3) is 2.90. The lowest BCUT2D eigenvalue weighted by Crippen LogP contribution is -2.43. The van der Waals surface area contributed by atoms with Crippen molar-refractivity contribution >= 4 is 29.1 Å². The number of benzene rings is 1. The van der Waals surface area contributed by atoms with Crippen molar-refractivity contribution in [2.75, 3.05) is 11.5 Å². The number of hydrogen-bond donors (Lipinski definition) is 4. The SMILES string of the molecule is CC(=O)c1c(O)c(C)c(O)c2c1OC1=CC(=O)/C(=C(/C)N[C@@H]3CSC[C@@H]3O)C(=O)[C@@]12C. The van der Waals surface area contributed by atoms with Gasteiger partial charge < -0.3 is 25.4 Å². The number of aliphatic hydroxyl groups excluding tert-OH is 1. The summed E-state index contributed by atoms with van der Waals surface area (Å²) in [5.41, 5.74) is -1.36. The molecule has 0 unspecified atom stereocenters. The number of aliphatic hydroxyl groups is 1. The number of phenols is 2. The molecule has 0 saturated carbocycles. The summed E-state index contributed by atoms with van der Waals surface area (Å²) in [6.07, 6.45) is 0.580. The Morgan fingerprint density at radius 1 is 1.23 bits per heavy atom. The molecule has 0 amide bonds. The first-order chi connectivity index (χ1) is 14.5. The lowest BCUT2D eigenvalue weighted by molar-refractivity contribution is -0.123. The van der Waals surface area contributed by atoms with Gasteiger partial charge in [-0.05, 0) is 27.7 Å². The summed E-state index contributed by atoms with van der Waals surface area (Å²) in [7, 11) is 0. The van der Waals surface area contributed by atoms with Crippen molar-refractivity contribution in [2.24, 2.45) is 0 Å². The van der Waals surface area contributed by atoms with E-state index in [1.54, 1.807) is 18.7 Å². The molecule has 2 heterocycles. The van der Waals surface area contributed by atoms with Crippen LogP contribution in [0.15, 0.2) is 23.1 Å². The third-order valence-corrected chi connectivity index (χ3v) is 7.38. The molecule has 164 valence electrons. The molecule has 0 spiro atoms. The highest BCUT2D eigenvalue weighted by Gasteiger charge is 2.56. The van der Waals surface area contributed by atoms with E-state index in [1.807, 2.05) is 0 Å². The second kappa shape index (κ2) is 7.13. The average Bonchev–Trinajstić information content (AvgIpc) is 3.21. The van der Waals surface area contributed by atoms with Crippen LogP contribution in [0.4, 0.5) is 0 Å². The summed E-state index contributed by atoms with van der Waals surface area (Å²) in [5.74, 6) is -1.36. The molecule has 1 aromatic carbocycles. The van der Waals surface area contributed by atoms with Crippen molar-refractivity contribution in [3.05, 3.63) is 39.8 Å². The molecule has 8 nitrogen and oxygen atoms in total. The molecule has 3 atom stereocenters. The van der Waals surface area contributed by atoms with Gasteiger partial charge in [-0.3, -0.25) is 14.4 Å². The van der Waals surface area contributed by atoms with Crippen LogP contribution in [-0.4, -0.2) is 56.3 Å². The van der Waals surface area contributed by atoms with Crippen LogP contribution in [0.2, 0.25) is 0 Å². The van der Waals surface area contributed by atoms with Gasteiger partial charge in [-0.25, -0.2) is 0 Å². The van der Waals surface area contributed by atoms with Gasteiger partial charge in [0.25, 0.3) is 0 Å². The summed E-state index contributed by atoms with van der Waals surface area (Å²) in [6.45, 7) is 5.80. The molecule has 0 bridgehead atoms. The maximum atomic E-state index is 13.7. The lowest BCUT2D eigenvalue weighted by Gasteiger charge is -2.29. The number of ether oxygens (including phenoxy) is 1. The Balaban J connectivity index is 1.90. The second-order valence-corrected chi connectivity index (χ2v) is 9.32. The predicted molar refractivity (Wildman–Crippen MR) is 114 cm³/mol. The summed E-state index contributed by atoms with van der Waals surface area (Å²) in [6, 6.07) is -0.291. The highest BCUT2D eigenvalue weighted by atomic mass is 32.2. The number of carbonyl (C=O) groups excluding carboxylic acids is 3. The van der Waals surface area contributed by atoms with Crippen LogP contribution < -0.4 is 10.1 Å². The molecule has 3 aliphatic rings. The van der Waals surface area contributed by atoms with E-state index in [1.165, 1.54) is 26.8 Å². The minimum Gasteiger partial charge on any atom is -0.507 e. The lowest BCUT2D eigenvalue weighted by atomic mass is 9.70. The van der Waals surface area contributed by atoms with Gasteiger partial charge in [0, 0.05) is 28.8 Å². The molecule has 1 fully saturated rings. The number of phenolic OH excluding ortho intramolecular Hbond substituents is 2. The van der Waals surface area contributed by atoms with Crippen LogP contribution in [0.5, 0.6) is 17.2 Å². The number of thioether (sulfide) groups is 1. The first-order valence-corrected chi connectivity index (χ1v) is 11.0. The fourth-order valence-electron chi connectivity index (χ4n) is 4.39. The average molecular weight is 445 g/mol. The van der Waals surface area contributed by atoms with Crippen LogP contribution in [0, 0.1) is 6.92 Å². The molecule has 1 saturated heterocycles. The number of allylic oxidation sites excluding steroid dienone is 4. The maximum absolute atomic E-state index is 13.7. The Hall–Kier alpha value is -2.78. The van der Waals surface area contributed by atoms with Gasteiger partial charge in [-0.2, -0.15) is 11.8 Å². The number of hydrogen-bond acceptors (Lipinski definition) is 9. The third-order valence-electron chi connectivity index (χ3n) is 6.21. The molecule has 31 heavy (non-hydrogen) atoms. The van der Waals surface area contributed by atoms with E-state index in [2.05, 4.69) is 5.32 Å². The standard InChI is InChI=1S/C22H23NO7S/c1-8-18(27)16(10(3)24)20-17(19(8)28)22(4)14(30-20)5-12(25)15(21(22)29)9(2)23-11-6-31-7-13(11)26/h5,11,13,23,26-28H,6-7H2,1-4H3/b15-9+/t11-,13+,22+/m1/s1. The van der Waals surface area contributed by atoms with Crippen molar-refractivity contribution in [1.82, 2.24) is 5.32 Å². The zero-order valence-corrected chi connectivity index (χ0v) is 18.3. The zero-order valence-electron chi connectivity index (χ0n) is 17.5. The molecule has 9 heteroatoms. The summed E-state index contributed by atoms with van der Waals surface area (Å²) < 4.78 is 5.73. The summed E-state index contributed by atoms with van der Waals surface area (Å²) in [4.78, 5) is 38.7. The number of nitrogens with one attached hydrogen (secondary N) is 1. The van der Waals surface area contributed by atoms with Gasteiger partial charge >= 0.3 is 0 Å². The molecule has 1 aromatic rings. The van der Waals surface area contributed by atoms with Crippen molar-refractivity contribution in [3.8, 4) is 17.2 Å². The number of aromatic hydroxyl groups is 2. The van der Waals surface area contributed by atoms with Crippen molar-refractivity contribution in [2.45, 2.75) is 45.3 Å². The predicted octanol–water partition coefficient (Wildman–Crippen LogP) is 1.63. The highest BCUT2D eigenvalue weighted by molar-refractivity contribution is 7.99. The minimum absolute atomic E-state index is 0.00620. The largest absolute Gasteiger partial charge is 0.507 e. The number of rotatable bonds is 3. The van der Waals surface area contributed by atoms with Gasteiger partial charge in [-0.1, -0.05) is 0 Å². The Labute approximate surface area is 183 Å². The van der Waals surface area contributed by atoms with Gasteiger partial charge in [0.15, 0.2) is 17.3 Å². The molecule has 1 aliphatic carbocycles. The Bertz CT molecular complexity index is 1120. The van der Waals surface area contributed by atoms with Crippen molar-refractivity contribution < 1.29 is 34.4 Å². The topological polar surface area (TPSA) is 133 Å². The van der Waals surface area contributed by atoms with Crippen molar-refractivity contribution in [1.29, 1.82) is 0 Å². The molecular weight excluding hydrogens is 422 g/mol. The molecule has 0 aromatic heterocycles. The fraction of sp³-hybridized carbons (Fsp3) is 0.409. The molecule has 2 aliphatic heterocycles. The van der Waals surface area contributed by atoms with Crippen LogP contribution >= 0.6 is 11.8 Å². The number of Topliss-reactive ketones (excluding diaryl/α,β-unsaturated/α-hetero) is 2. The first-order valence-electron chi connectivity index (χ1n) is 9.82. The van der Waals surface area contributed by atoms with E-state index in [0.717, 1.165) is 0 Å². The van der Waals surface area contributed by atoms with Gasteiger partial charge in [0.2, 0.25) is 0 Å². The molecule has 4 N–H and O–H groups in total. The number of carbonyl (C=O) groups is 3. The first kappa shape index (κ1) is 21.5. The zero-order chi connectivity index (χ0) is 22.8. The summed E-state index contributed by atoms with van der Waals surface area (Å²) >= 11 is 1.57. The van der Waals surface area contributed by atoms with E-state index < -0.39 is 34.6 Å². The Morgan fingerprint density at radius 3 is 2.48 bits per heavy atom. The monoisotopic (exact) mass is 445 g/mol. The van der Waals surface area contributed by atoms with E-state index in [4.69, 9.17) is 4.74 Å². The van der Waals surface area contributed by atoms with E-state index in [9.17, 15) is 29.7 Å². The van der Waals surface area contributed by atoms with Crippen LogP contribution in [0.1, 0.15) is 42.3 Å². The van der Waals surface area contributed by atoms with E-state index in [0.29, 0.717) is 17.2 Å². The van der Waals surface area contributed by atoms with E-state index in [-0.39, 0.29) is 45.6 Å². The van der Waals surface area contributed by atoms with Crippen molar-refractivity contribution in [3.63, 3.8) is 0 Å². The molecular formula is C22H23NO7S. The number of fused-ring (bicyclic) bond motifs is 3. The second-order valence-electron chi connectivity index (χ2n) is 8.24. The molecule has 4 rings (SSSR count). The number of ketones is 3. The van der Waals surface area contributed by atoms with Gasteiger partial charge in [-0.15, -0.1) is 0 Å². The van der Waals surface area contributed by atoms with Crippen LogP contribution in [0.25, 0.3) is 0 Å². The van der Waals surface area contributed by atoms with Crippen LogP contribution in [-0.2, 0) is 15.0 Å². The van der Waals surface area contributed by atoms with Gasteiger partial charge in [0.05, 0.1) is 23.3 Å². The minimum atomic E-state index is -1.54. The highest BCUT2D eigenvalue weighted by Crippen LogP contribution is 2.57. The fourth-order valence-corrected chi connectivity index (χ4v) is 5.56. The smallest absolute Gasteiger partial charge is 0.194 e. The maximum Gasteiger partial charge on any atom is 0.194 e. The van der Waals surface area contributed by atoms with Crippen LogP contribution in [0.3, 0.4) is 0 Å². The Morgan fingerprint density at radius 2 is 1.90 bits per heavy atom. The van der Waals surface area contributed by atoms with E-state index >= 15 is 0 Å². The quantitative estimate of drug-likeness (QED) is 0.311. The van der Waals surface area contributed by atoms with Gasteiger partial charge in [0.1, 0.15) is 34.0 Å². The summed E-state index contributed by atoms with van der Waals surface area (Å²) in [5, 5.41) is 34.4. The normalized spacial score (nSPS) is 28.6. The molecule has 0 radical (unpaired) electrons. The Kier molecular flexibility index (Phi) is 4.94.